The fourth-order valence-corrected chi connectivity index (χ4v) is 6.45. The van der Waals surface area contributed by atoms with Gasteiger partial charge in [-0.25, -0.2) is 39.6 Å². The Hall–Kier alpha value is -6.56. The van der Waals surface area contributed by atoms with Gasteiger partial charge in [0.1, 0.15) is 38.0 Å². The smallest absolute Gasteiger partial charge is 0.237 e. The number of nitrogens with zero attached hydrogens (tertiary/aromatic N) is 10. The Labute approximate surface area is 247 Å². The molecule has 208 valence electrons. The molecule has 0 amide bonds. The Bertz CT molecular complexity index is 2420. The van der Waals surface area contributed by atoms with E-state index >= 15 is 0 Å². The maximum absolute atomic E-state index is 7.53. The van der Waals surface area contributed by atoms with Crippen LogP contribution >= 0.6 is 0 Å². The average molecular weight is 573 g/mol. The number of benzene rings is 4. The van der Waals surface area contributed by atoms with Gasteiger partial charge in [-0.15, -0.1) is 0 Å². The molecule has 0 saturated carbocycles. The third-order valence-corrected chi connectivity index (χ3v) is 8.05. The number of rotatable bonds is 5. The van der Waals surface area contributed by atoms with Gasteiger partial charge in [0, 0.05) is 32.3 Å². The molecule has 5 heterocycles. The molecule has 0 spiro atoms. The molecule has 9 aromatic rings. The van der Waals surface area contributed by atoms with Crippen LogP contribution in [0.5, 0.6) is 0 Å². The number of nitrogens with one attached hydrogen (secondary N) is 2. The van der Waals surface area contributed by atoms with Crippen LogP contribution in [0.3, 0.4) is 0 Å². The monoisotopic (exact) mass is 572 g/mol. The van der Waals surface area contributed by atoms with E-state index in [1.165, 1.54) is 31.6 Å². The largest absolute Gasteiger partial charge is 0.289 e. The zero-order valence-corrected chi connectivity index (χ0v) is 22.9. The van der Waals surface area contributed by atoms with Crippen LogP contribution in [0.25, 0.3) is 77.3 Å². The van der Waals surface area contributed by atoms with E-state index in [-0.39, 0.29) is 0 Å². The van der Waals surface area contributed by atoms with Gasteiger partial charge in [-0.05, 0) is 12.1 Å². The van der Waals surface area contributed by atoms with Crippen molar-refractivity contribution in [2.75, 3.05) is 5.43 Å². The Morgan fingerprint density at radius 1 is 0.545 bits per heavy atom. The van der Waals surface area contributed by atoms with E-state index in [1.54, 1.807) is 0 Å². The second-order valence-electron chi connectivity index (χ2n) is 10.2. The maximum atomic E-state index is 7.53. The van der Waals surface area contributed by atoms with Gasteiger partial charge >= 0.3 is 0 Å². The van der Waals surface area contributed by atoms with Crippen LogP contribution in [-0.4, -0.2) is 56.4 Å². The first-order valence-electron chi connectivity index (χ1n) is 13.8. The summed E-state index contributed by atoms with van der Waals surface area (Å²) in [5.41, 5.74) is 8.94. The molecule has 12 nitrogen and oxygen atoms in total. The summed E-state index contributed by atoms with van der Waals surface area (Å²) in [6, 6.07) is 25.0. The highest BCUT2D eigenvalue weighted by Gasteiger charge is 2.25. The molecule has 0 atom stereocenters. The molecule has 0 aliphatic heterocycles. The van der Waals surface area contributed by atoms with Gasteiger partial charge < -0.3 is 0 Å². The summed E-state index contributed by atoms with van der Waals surface area (Å²) in [5.74, 6) is 1.02. The number of aliphatic imine (C=N–C) groups is 1. The lowest BCUT2D eigenvalue weighted by Gasteiger charge is -2.12. The number of hydrogen-bond acceptors (Lipinski definition) is 7. The number of hydrogen-bond donors (Lipinski definition) is 2. The Morgan fingerprint density at radius 2 is 0.977 bits per heavy atom. The molecular formula is C32H20N12. The molecule has 0 aliphatic rings. The molecule has 9 rings (SSSR count). The normalized spacial score (nSPS) is 12.1. The highest BCUT2D eigenvalue weighted by atomic mass is 15.4. The summed E-state index contributed by atoms with van der Waals surface area (Å²) in [5, 5.41) is 13.8. The molecule has 0 fully saturated rings. The molecule has 0 saturated heterocycles. The van der Waals surface area contributed by atoms with Crippen LogP contribution in [0, 0.1) is 5.41 Å². The molecular weight excluding hydrogens is 552 g/mol. The lowest BCUT2D eigenvalue weighted by molar-refractivity contribution is 0.936. The molecule has 4 aromatic carbocycles. The molecule has 2 N–H and O–H groups in total. The lowest BCUT2D eigenvalue weighted by Crippen LogP contribution is -2.14. The standard InChI is InChI=1S/C32H20N12/c33-13-34-18-41-44-29-23(11-9-21-19-5-1-3-7-25(19)42(27(21)29)31-37-14-35-15-38-31)24-12-10-22-20-6-2-4-8-26(20)43(28(22)30(24)44)32-39-16-36-17-40-32/h1-18H,(H2,33,34,41). The van der Waals surface area contributed by atoms with Gasteiger partial charge in [0.05, 0.1) is 33.1 Å². The van der Waals surface area contributed by atoms with Crippen LogP contribution in [0.15, 0.2) is 103 Å². The predicted octanol–water partition coefficient (Wildman–Crippen LogP) is 5.54. The SMILES string of the molecule is N=CN=CNn1c2c(ccc3c4ccccc4n(-c4ncncn4)c32)c2ccc3c4ccccc4n(-c4ncncn4)c3c21. The highest BCUT2D eigenvalue weighted by molar-refractivity contribution is 6.28. The third-order valence-electron chi connectivity index (χ3n) is 8.05. The summed E-state index contributed by atoms with van der Waals surface area (Å²) in [4.78, 5) is 30.4. The number of para-hydroxylation sites is 2. The first kappa shape index (κ1) is 24.1. The van der Waals surface area contributed by atoms with Gasteiger partial charge in [0.2, 0.25) is 11.9 Å². The van der Waals surface area contributed by atoms with E-state index in [1.807, 2.05) is 28.9 Å². The zero-order valence-electron chi connectivity index (χ0n) is 22.9. The van der Waals surface area contributed by atoms with Gasteiger partial charge in [0.15, 0.2) is 0 Å². The fourth-order valence-electron chi connectivity index (χ4n) is 6.45. The Morgan fingerprint density at radius 3 is 1.43 bits per heavy atom. The minimum Gasteiger partial charge on any atom is -0.289 e. The zero-order chi connectivity index (χ0) is 29.2. The van der Waals surface area contributed by atoms with Crippen molar-refractivity contribution in [2.24, 2.45) is 4.99 Å². The first-order valence-corrected chi connectivity index (χ1v) is 13.8. The second kappa shape index (κ2) is 9.22. The lowest BCUT2D eigenvalue weighted by atomic mass is 10.1. The van der Waals surface area contributed by atoms with Crippen molar-refractivity contribution < 1.29 is 0 Å². The molecule has 12 heteroatoms. The van der Waals surface area contributed by atoms with E-state index in [0.29, 0.717) is 11.9 Å². The van der Waals surface area contributed by atoms with Crippen LogP contribution in [0.4, 0.5) is 0 Å². The third kappa shape index (κ3) is 3.21. The summed E-state index contributed by atoms with van der Waals surface area (Å²) in [7, 11) is 0. The first-order chi connectivity index (χ1) is 21.8. The van der Waals surface area contributed by atoms with Gasteiger partial charge in [-0.3, -0.25) is 20.0 Å². The van der Waals surface area contributed by atoms with Crippen molar-refractivity contribution >= 4 is 78.1 Å². The summed E-state index contributed by atoms with van der Waals surface area (Å²) in [6.07, 6.45) is 8.52. The summed E-state index contributed by atoms with van der Waals surface area (Å²) in [6.45, 7) is 0. The van der Waals surface area contributed by atoms with Gasteiger partial charge in [-0.2, -0.15) is 0 Å². The highest BCUT2D eigenvalue weighted by Crippen LogP contribution is 2.43. The van der Waals surface area contributed by atoms with Crippen molar-refractivity contribution in [3.05, 3.63) is 98.1 Å². The minimum absolute atomic E-state index is 0.508. The second-order valence-corrected chi connectivity index (χ2v) is 10.2. The predicted molar refractivity (Wildman–Crippen MR) is 172 cm³/mol. The molecule has 44 heavy (non-hydrogen) atoms. The quantitative estimate of drug-likeness (QED) is 0.204. The summed E-state index contributed by atoms with van der Waals surface area (Å²) >= 11 is 0. The average Bonchev–Trinajstić information content (AvgIpc) is 3.71. The van der Waals surface area contributed by atoms with E-state index < -0.39 is 0 Å². The molecule has 5 aromatic heterocycles. The molecule has 0 aliphatic carbocycles. The van der Waals surface area contributed by atoms with Crippen molar-refractivity contribution in [3.8, 4) is 11.9 Å². The van der Waals surface area contributed by atoms with Crippen LogP contribution < -0.4 is 5.43 Å². The topological polar surface area (TPSA) is 140 Å². The molecule has 0 unspecified atom stereocenters. The Kier molecular flexibility index (Phi) is 5.05. The van der Waals surface area contributed by atoms with Gasteiger partial charge in [-0.1, -0.05) is 60.7 Å². The Balaban J connectivity index is 1.56. The van der Waals surface area contributed by atoms with E-state index in [9.17, 15) is 0 Å². The van der Waals surface area contributed by atoms with Gasteiger partial charge in [0.25, 0.3) is 0 Å². The fraction of sp³-hybridized carbons (Fsp3) is 0. The van der Waals surface area contributed by atoms with Crippen LogP contribution in [-0.2, 0) is 0 Å². The van der Waals surface area contributed by atoms with Crippen LogP contribution in [0.2, 0.25) is 0 Å². The molecule has 0 bridgehead atoms. The van der Waals surface area contributed by atoms with Crippen molar-refractivity contribution in [2.45, 2.75) is 0 Å². The van der Waals surface area contributed by atoms with E-state index in [0.717, 1.165) is 71.8 Å². The van der Waals surface area contributed by atoms with Crippen molar-refractivity contribution in [1.82, 2.24) is 43.7 Å². The molecule has 0 radical (unpaired) electrons. The number of fused-ring (bicyclic) bond motifs is 11. The van der Waals surface area contributed by atoms with E-state index in [2.05, 4.69) is 98.0 Å². The maximum Gasteiger partial charge on any atom is 0.237 e. The van der Waals surface area contributed by atoms with Crippen LogP contribution in [0.1, 0.15) is 0 Å². The van der Waals surface area contributed by atoms with Crippen molar-refractivity contribution in [1.29, 1.82) is 5.41 Å². The minimum atomic E-state index is 0.508. The van der Waals surface area contributed by atoms with E-state index in [4.69, 9.17) is 5.41 Å². The van der Waals surface area contributed by atoms with Crippen molar-refractivity contribution in [3.63, 3.8) is 0 Å². The number of aromatic nitrogens is 9. The summed E-state index contributed by atoms with van der Waals surface area (Å²) < 4.78 is 6.16.